The predicted octanol–water partition coefficient (Wildman–Crippen LogP) is 7.44. The average Bonchev–Trinajstić information content (AvgIpc) is 4.14. The van der Waals surface area contributed by atoms with Crippen molar-refractivity contribution in [2.24, 2.45) is 10.4 Å². The number of aliphatic hydroxyl groups is 1. The van der Waals surface area contributed by atoms with E-state index in [0.717, 1.165) is 64.8 Å². The number of aryl methyl sites for hydroxylation is 3. The molecule has 5 atom stereocenters. The number of aliphatic imine (C=N–C) groups is 1. The number of carbonyl (C=O) groups excluding carboxylic acids is 3. The number of carboxylic acids is 1. The van der Waals surface area contributed by atoms with Crippen LogP contribution in [0.25, 0.3) is 37.5 Å². The molecule has 69 heavy (non-hydrogen) atoms. The number of benzene rings is 3. The van der Waals surface area contributed by atoms with E-state index in [1.165, 1.54) is 4.90 Å². The lowest BCUT2D eigenvalue weighted by Crippen LogP contribution is -2.58. The summed E-state index contributed by atoms with van der Waals surface area (Å²) in [7, 11) is 0. The Morgan fingerprint density at radius 3 is 2.30 bits per heavy atom. The third-order valence-corrected chi connectivity index (χ3v) is 15.2. The summed E-state index contributed by atoms with van der Waals surface area (Å²) in [4.78, 5) is 67.2. The molecule has 1 saturated heterocycles. The molecule has 2 unspecified atom stereocenters. The zero-order chi connectivity index (χ0) is 49.1. The van der Waals surface area contributed by atoms with Crippen LogP contribution in [0.3, 0.4) is 0 Å². The first-order valence-corrected chi connectivity index (χ1v) is 24.5. The van der Waals surface area contributed by atoms with Crippen molar-refractivity contribution in [2.45, 2.75) is 105 Å². The third kappa shape index (κ3) is 9.23. The summed E-state index contributed by atoms with van der Waals surface area (Å²) >= 11 is 3.17. The zero-order valence-electron chi connectivity index (χ0n) is 39.6. The van der Waals surface area contributed by atoms with Gasteiger partial charge in [-0.3, -0.25) is 33.4 Å². The van der Waals surface area contributed by atoms with Gasteiger partial charge in [-0.2, -0.15) is 5.10 Å². The standard InChI is InChI=1S/C51H54N10O6S2/c1-26-29(4)69-50-42(26)44(54-38(21-41(64)65)47-57-56-30(5)61(47)50)33-16-14-32(15-17-33)37-11-9-10-35-22-59(58-43(35)37)24-40(63)55-46(51(6,7)8)49(67)60-23-36(62)20-39(60)48(66)53-27(2)31-12-18-34(19-13-31)45-28(3)52-25-68-45/h9-19,22,25,27,36,38-39,46,62H,20-21,23-24H2,1-8H3,(H,53,66)(H,55,63)(H,64,65)/t27?,36-,38+,39+,46?/m1/s1. The number of β-amino-alcohol motifs (C(OH)–C–C–N with tert-alkyl or cyclic N) is 1. The molecule has 0 spiro atoms. The maximum Gasteiger partial charge on any atom is 0.306 e. The number of thiophene rings is 1. The van der Waals surface area contributed by atoms with Gasteiger partial charge in [0.1, 0.15) is 41.0 Å². The van der Waals surface area contributed by atoms with E-state index in [1.807, 2.05) is 125 Å². The molecule has 1 fully saturated rings. The molecular formula is C51H54N10O6S2. The van der Waals surface area contributed by atoms with Crippen molar-refractivity contribution in [1.29, 1.82) is 0 Å². The van der Waals surface area contributed by atoms with E-state index < -0.39 is 47.4 Å². The second kappa shape index (κ2) is 18.5. The summed E-state index contributed by atoms with van der Waals surface area (Å²) in [6.45, 7) is 15.1. The summed E-state index contributed by atoms with van der Waals surface area (Å²) in [5.41, 5.74) is 9.83. The number of aliphatic hydroxyl groups excluding tert-OH is 1. The number of rotatable bonds is 12. The Morgan fingerprint density at radius 2 is 1.62 bits per heavy atom. The first-order valence-electron chi connectivity index (χ1n) is 22.8. The number of likely N-dealkylation sites (tertiary alicyclic amines) is 1. The third-order valence-electron chi connectivity index (χ3n) is 13.0. The molecule has 4 aromatic heterocycles. The van der Waals surface area contributed by atoms with Crippen LogP contribution in [0.15, 0.2) is 83.4 Å². The monoisotopic (exact) mass is 966 g/mol. The fourth-order valence-corrected chi connectivity index (χ4v) is 11.3. The van der Waals surface area contributed by atoms with Crippen molar-refractivity contribution >= 4 is 63.0 Å². The van der Waals surface area contributed by atoms with Gasteiger partial charge in [0.15, 0.2) is 5.82 Å². The van der Waals surface area contributed by atoms with Gasteiger partial charge < -0.3 is 25.7 Å². The highest BCUT2D eigenvalue weighted by Crippen LogP contribution is 2.40. The highest BCUT2D eigenvalue weighted by Gasteiger charge is 2.45. The van der Waals surface area contributed by atoms with Gasteiger partial charge in [0.25, 0.3) is 0 Å². The number of amides is 3. The first-order chi connectivity index (χ1) is 32.9. The van der Waals surface area contributed by atoms with Crippen LogP contribution in [0.4, 0.5) is 0 Å². The van der Waals surface area contributed by atoms with Gasteiger partial charge in [0.05, 0.1) is 40.4 Å². The number of aromatic nitrogens is 6. The predicted molar refractivity (Wildman–Crippen MR) is 266 cm³/mol. The molecule has 4 N–H and O–H groups in total. The van der Waals surface area contributed by atoms with E-state index in [4.69, 9.17) is 10.1 Å². The zero-order valence-corrected chi connectivity index (χ0v) is 41.3. The minimum Gasteiger partial charge on any atom is -0.481 e. The van der Waals surface area contributed by atoms with Crippen molar-refractivity contribution < 1.29 is 29.4 Å². The Hall–Kier alpha value is -6.89. The first kappa shape index (κ1) is 47.2. The minimum atomic E-state index is -1.01. The number of nitrogens with zero attached hydrogens (tertiary/aromatic N) is 8. The Labute approximate surface area is 407 Å². The number of carboxylic acid groups (broad SMARTS) is 1. The van der Waals surface area contributed by atoms with Crippen LogP contribution in [0.2, 0.25) is 0 Å². The summed E-state index contributed by atoms with van der Waals surface area (Å²) in [5.74, 6) is -1.11. The molecule has 7 aromatic rings. The van der Waals surface area contributed by atoms with Gasteiger partial charge >= 0.3 is 5.97 Å². The van der Waals surface area contributed by atoms with E-state index in [2.05, 4.69) is 32.7 Å². The molecule has 356 valence electrons. The lowest BCUT2D eigenvalue weighted by molar-refractivity contribution is -0.144. The van der Waals surface area contributed by atoms with E-state index in [1.54, 1.807) is 33.6 Å². The Kier molecular flexibility index (Phi) is 12.7. The maximum absolute atomic E-state index is 14.4. The number of fused-ring (bicyclic) bond motifs is 4. The Balaban J connectivity index is 0.907. The molecule has 3 amide bonds. The Morgan fingerprint density at radius 1 is 0.913 bits per heavy atom. The van der Waals surface area contributed by atoms with Gasteiger partial charge in [-0.15, -0.1) is 32.9 Å². The van der Waals surface area contributed by atoms with E-state index in [-0.39, 0.29) is 37.9 Å². The summed E-state index contributed by atoms with van der Waals surface area (Å²) in [5, 5.41) is 41.9. The summed E-state index contributed by atoms with van der Waals surface area (Å²) in [6, 6.07) is 18.6. The molecule has 0 saturated carbocycles. The van der Waals surface area contributed by atoms with Crippen LogP contribution in [-0.4, -0.2) is 98.8 Å². The minimum absolute atomic E-state index is 0.0397. The van der Waals surface area contributed by atoms with Crippen LogP contribution >= 0.6 is 22.7 Å². The molecular weight excluding hydrogens is 913 g/mol. The summed E-state index contributed by atoms with van der Waals surface area (Å²) < 4.78 is 3.48. The quantitative estimate of drug-likeness (QED) is 0.0951. The van der Waals surface area contributed by atoms with Crippen LogP contribution in [0, 0.1) is 33.1 Å². The summed E-state index contributed by atoms with van der Waals surface area (Å²) in [6.07, 6.45) is 0.720. The van der Waals surface area contributed by atoms with Crippen LogP contribution in [-0.2, 0) is 25.7 Å². The van der Waals surface area contributed by atoms with Gasteiger partial charge in [-0.25, -0.2) is 4.98 Å². The van der Waals surface area contributed by atoms with Gasteiger partial charge in [-0.05, 0) is 62.3 Å². The molecule has 0 aliphatic carbocycles. The van der Waals surface area contributed by atoms with Crippen molar-refractivity contribution in [1.82, 2.24) is 45.1 Å². The Bertz CT molecular complexity index is 3160. The molecule has 16 nitrogen and oxygen atoms in total. The fraction of sp³-hybridized carbons (Fsp3) is 0.353. The molecule has 0 radical (unpaired) electrons. The van der Waals surface area contributed by atoms with Gasteiger partial charge in [-0.1, -0.05) is 87.5 Å². The molecule has 2 aliphatic rings. The van der Waals surface area contributed by atoms with Crippen LogP contribution in [0.5, 0.6) is 0 Å². The SMILES string of the molecule is Cc1ncsc1-c1ccc(C(C)NC(=O)[C@@H]2C[C@@H](O)CN2C(=O)C(NC(=O)Cn2cc3cccc(-c4ccc(C5=N[C@@H](CC(=O)O)c6nnc(C)n6-c6sc(C)c(C)c65)cc4)c3n2)C(C)(C)C)cc1. The van der Waals surface area contributed by atoms with E-state index in [9.17, 15) is 29.4 Å². The lowest BCUT2D eigenvalue weighted by atomic mass is 9.85. The van der Waals surface area contributed by atoms with Crippen molar-refractivity contribution in [3.05, 3.63) is 123 Å². The molecule has 0 bridgehead atoms. The van der Waals surface area contributed by atoms with E-state index >= 15 is 0 Å². The van der Waals surface area contributed by atoms with Crippen molar-refractivity contribution in [2.75, 3.05) is 6.54 Å². The number of hydrogen-bond donors (Lipinski definition) is 4. The molecule has 9 rings (SSSR count). The molecule has 3 aromatic carbocycles. The number of aliphatic carboxylic acids is 1. The fourth-order valence-electron chi connectivity index (χ4n) is 9.28. The highest BCUT2D eigenvalue weighted by atomic mass is 32.1. The normalized spacial score (nSPS) is 17.7. The van der Waals surface area contributed by atoms with Crippen LogP contribution < -0.4 is 10.6 Å². The topological polar surface area (TPSA) is 210 Å². The lowest BCUT2D eigenvalue weighted by Gasteiger charge is -2.35. The molecule has 2 aliphatic heterocycles. The van der Waals surface area contributed by atoms with E-state index in [0.29, 0.717) is 22.9 Å². The molecule has 6 heterocycles. The van der Waals surface area contributed by atoms with Crippen molar-refractivity contribution in [3.8, 4) is 26.6 Å². The van der Waals surface area contributed by atoms with Crippen molar-refractivity contribution in [3.63, 3.8) is 0 Å². The second-order valence-electron chi connectivity index (χ2n) is 19.0. The second-order valence-corrected chi connectivity index (χ2v) is 21.1. The number of thiazole rings is 1. The number of nitrogens with one attached hydrogen (secondary N) is 2. The average molecular weight is 967 g/mol. The maximum atomic E-state index is 14.4. The van der Waals surface area contributed by atoms with Gasteiger partial charge in [0, 0.05) is 46.1 Å². The highest BCUT2D eigenvalue weighted by molar-refractivity contribution is 7.15. The number of carbonyl (C=O) groups is 4. The van der Waals surface area contributed by atoms with Gasteiger partial charge in [0.2, 0.25) is 17.7 Å². The molecule has 18 heteroatoms. The number of hydrogen-bond acceptors (Lipinski definition) is 12. The largest absolute Gasteiger partial charge is 0.481 e. The van der Waals surface area contributed by atoms with Crippen LogP contribution in [0.1, 0.15) is 97.1 Å². The smallest absolute Gasteiger partial charge is 0.306 e.